The van der Waals surface area contributed by atoms with Gasteiger partial charge in [-0.3, -0.25) is 9.52 Å². The zero-order chi connectivity index (χ0) is 22.8. The van der Waals surface area contributed by atoms with E-state index in [0.717, 1.165) is 0 Å². The molecule has 0 fully saturated rings. The molecule has 0 unspecified atom stereocenters. The predicted octanol–water partition coefficient (Wildman–Crippen LogP) is 0.660. The SMILES string of the molecule is CNC[C@H]1Oc2c(NS(=O)(=O)c3cn(C)cn3)cccc2C(=O)N([C@@H](C)CO)C[C@@H]1C. The number of aryl methyl sites for hydroxylation is 1. The lowest BCUT2D eigenvalue weighted by atomic mass is 9.99. The Morgan fingerprint density at radius 2 is 2.13 bits per heavy atom. The normalized spacial score (nSPS) is 20.4. The quantitative estimate of drug-likeness (QED) is 0.565. The van der Waals surface area contributed by atoms with Crippen molar-refractivity contribution in [3.63, 3.8) is 0 Å². The molecular weight excluding hydrogens is 422 g/mol. The molecule has 0 spiro atoms. The first kappa shape index (κ1) is 23.0. The second-order valence-corrected chi connectivity index (χ2v) is 9.47. The molecule has 31 heavy (non-hydrogen) atoms. The van der Waals surface area contributed by atoms with E-state index in [1.165, 1.54) is 17.1 Å². The van der Waals surface area contributed by atoms with Gasteiger partial charge >= 0.3 is 0 Å². The highest BCUT2D eigenvalue weighted by atomic mass is 32.2. The third-order valence-electron chi connectivity index (χ3n) is 5.30. The van der Waals surface area contributed by atoms with Crippen LogP contribution in [0.4, 0.5) is 5.69 Å². The van der Waals surface area contributed by atoms with E-state index in [0.29, 0.717) is 13.1 Å². The molecule has 1 aliphatic rings. The standard InChI is InChI=1S/C20H29N5O5S/c1-13-9-25(14(2)11-26)20(27)15-6-5-7-16(19(15)30-17(13)8-21-3)23-31(28,29)18-10-24(4)12-22-18/h5-7,10,12-14,17,21,23,26H,8-9,11H2,1-4H3/t13-,14-,17+/m0/s1. The Labute approximate surface area is 182 Å². The molecule has 10 nitrogen and oxygen atoms in total. The number of hydrogen-bond acceptors (Lipinski definition) is 7. The van der Waals surface area contributed by atoms with Crippen molar-refractivity contribution in [3.8, 4) is 5.75 Å². The minimum Gasteiger partial charge on any atom is -0.486 e. The monoisotopic (exact) mass is 451 g/mol. The summed E-state index contributed by atoms with van der Waals surface area (Å²) in [6.07, 6.45) is 2.45. The van der Waals surface area contributed by atoms with E-state index in [9.17, 15) is 18.3 Å². The number of aliphatic hydroxyl groups is 1. The van der Waals surface area contributed by atoms with Crippen LogP contribution in [0, 0.1) is 5.92 Å². The second kappa shape index (κ2) is 9.25. The van der Waals surface area contributed by atoms with Gasteiger partial charge in [-0.15, -0.1) is 0 Å². The number of sulfonamides is 1. The van der Waals surface area contributed by atoms with Gasteiger partial charge in [0, 0.05) is 32.3 Å². The predicted molar refractivity (Wildman–Crippen MR) is 116 cm³/mol. The van der Waals surface area contributed by atoms with Crippen molar-refractivity contribution >= 4 is 21.6 Å². The van der Waals surface area contributed by atoms with Crippen LogP contribution in [0.1, 0.15) is 24.2 Å². The van der Waals surface area contributed by atoms with Crippen molar-refractivity contribution < 1.29 is 23.1 Å². The van der Waals surface area contributed by atoms with E-state index in [1.807, 2.05) is 6.92 Å². The highest BCUT2D eigenvalue weighted by Gasteiger charge is 2.34. The van der Waals surface area contributed by atoms with Crippen LogP contribution in [-0.2, 0) is 17.1 Å². The molecule has 1 amide bonds. The summed E-state index contributed by atoms with van der Waals surface area (Å²) in [7, 11) is -0.515. The number of nitrogens with one attached hydrogen (secondary N) is 2. The number of carbonyl (C=O) groups excluding carboxylic acids is 1. The molecule has 2 aromatic rings. The average molecular weight is 452 g/mol. The maximum atomic E-state index is 13.3. The molecule has 1 aromatic heterocycles. The number of hydrogen-bond donors (Lipinski definition) is 3. The van der Waals surface area contributed by atoms with E-state index in [4.69, 9.17) is 4.74 Å². The number of para-hydroxylation sites is 1. The lowest BCUT2D eigenvalue weighted by molar-refractivity contribution is 0.0417. The number of rotatable bonds is 7. The molecule has 2 heterocycles. The molecule has 0 radical (unpaired) electrons. The summed E-state index contributed by atoms with van der Waals surface area (Å²) in [6, 6.07) is 4.34. The van der Waals surface area contributed by atoms with Crippen molar-refractivity contribution in [2.45, 2.75) is 31.0 Å². The van der Waals surface area contributed by atoms with Crippen LogP contribution in [0.5, 0.6) is 5.75 Å². The van der Waals surface area contributed by atoms with Gasteiger partial charge in [-0.25, -0.2) is 4.98 Å². The zero-order valence-corrected chi connectivity index (χ0v) is 18.9. The van der Waals surface area contributed by atoms with Crippen LogP contribution in [-0.4, -0.2) is 72.8 Å². The van der Waals surface area contributed by atoms with Crippen LogP contribution >= 0.6 is 0 Å². The fourth-order valence-corrected chi connectivity index (χ4v) is 4.54. The number of ether oxygens (including phenoxy) is 1. The topological polar surface area (TPSA) is 126 Å². The lowest BCUT2D eigenvalue weighted by Crippen LogP contribution is -2.49. The van der Waals surface area contributed by atoms with E-state index in [-0.39, 0.29) is 46.6 Å². The largest absolute Gasteiger partial charge is 0.486 e. The first-order valence-electron chi connectivity index (χ1n) is 10.0. The van der Waals surface area contributed by atoms with Crippen molar-refractivity contribution in [2.75, 3.05) is 31.5 Å². The number of aliphatic hydroxyl groups excluding tert-OH is 1. The molecule has 1 aromatic carbocycles. The molecule has 3 atom stereocenters. The average Bonchev–Trinajstić information content (AvgIpc) is 3.18. The molecule has 0 saturated heterocycles. The Bertz CT molecular complexity index is 1040. The van der Waals surface area contributed by atoms with Crippen molar-refractivity contribution in [1.82, 2.24) is 19.8 Å². The number of aromatic nitrogens is 2. The first-order chi connectivity index (χ1) is 14.7. The lowest BCUT2D eigenvalue weighted by Gasteiger charge is -2.37. The van der Waals surface area contributed by atoms with E-state index in [1.54, 1.807) is 44.1 Å². The second-order valence-electron chi connectivity index (χ2n) is 7.85. The smallest absolute Gasteiger partial charge is 0.281 e. The van der Waals surface area contributed by atoms with Gasteiger partial charge in [0.2, 0.25) is 0 Å². The summed E-state index contributed by atoms with van der Waals surface area (Å²) < 4.78 is 35.9. The van der Waals surface area contributed by atoms with Gasteiger partial charge < -0.3 is 24.6 Å². The molecule has 0 aliphatic carbocycles. The number of carbonyl (C=O) groups is 1. The van der Waals surface area contributed by atoms with Gasteiger partial charge in [0.15, 0.2) is 10.8 Å². The van der Waals surface area contributed by atoms with Crippen LogP contribution in [0.3, 0.4) is 0 Å². The van der Waals surface area contributed by atoms with Crippen molar-refractivity contribution in [3.05, 3.63) is 36.3 Å². The van der Waals surface area contributed by atoms with Crippen LogP contribution < -0.4 is 14.8 Å². The third-order valence-corrected chi connectivity index (χ3v) is 6.55. The molecule has 0 bridgehead atoms. The number of anilines is 1. The van der Waals surface area contributed by atoms with E-state index in [2.05, 4.69) is 15.0 Å². The Kier molecular flexibility index (Phi) is 6.87. The zero-order valence-electron chi connectivity index (χ0n) is 18.1. The van der Waals surface area contributed by atoms with Crippen LogP contribution in [0.2, 0.25) is 0 Å². The Balaban J connectivity index is 2.08. The number of fused-ring (bicyclic) bond motifs is 1. The summed E-state index contributed by atoms with van der Waals surface area (Å²) >= 11 is 0. The summed E-state index contributed by atoms with van der Waals surface area (Å²) in [5, 5.41) is 12.6. The van der Waals surface area contributed by atoms with Gasteiger partial charge in [-0.1, -0.05) is 13.0 Å². The minimum atomic E-state index is -3.98. The number of imidazole rings is 1. The van der Waals surface area contributed by atoms with Gasteiger partial charge in [0.1, 0.15) is 6.10 Å². The number of benzene rings is 1. The van der Waals surface area contributed by atoms with Crippen LogP contribution in [0.25, 0.3) is 0 Å². The highest BCUT2D eigenvalue weighted by molar-refractivity contribution is 7.92. The first-order valence-corrected chi connectivity index (χ1v) is 11.5. The fraction of sp³-hybridized carbons (Fsp3) is 0.500. The van der Waals surface area contributed by atoms with Crippen molar-refractivity contribution in [2.24, 2.45) is 13.0 Å². The number of amides is 1. The summed E-state index contributed by atoms with van der Waals surface area (Å²) in [5.41, 5.74) is 0.387. The molecule has 170 valence electrons. The van der Waals surface area contributed by atoms with Gasteiger partial charge in [0.25, 0.3) is 15.9 Å². The van der Waals surface area contributed by atoms with Gasteiger partial charge in [-0.05, 0) is 26.1 Å². The molecule has 1 aliphatic heterocycles. The third kappa shape index (κ3) is 4.83. The molecule has 0 saturated carbocycles. The van der Waals surface area contributed by atoms with E-state index >= 15 is 0 Å². The Morgan fingerprint density at radius 1 is 1.39 bits per heavy atom. The maximum Gasteiger partial charge on any atom is 0.281 e. The molecule has 3 N–H and O–H groups in total. The minimum absolute atomic E-state index is 0.0704. The molecule has 3 rings (SSSR count). The number of likely N-dealkylation sites (N-methyl/N-ethyl adjacent to an activating group) is 1. The molecular formula is C20H29N5O5S. The highest BCUT2D eigenvalue weighted by Crippen LogP contribution is 2.35. The fourth-order valence-electron chi connectivity index (χ4n) is 3.49. The Hall–Kier alpha value is -2.63. The summed E-state index contributed by atoms with van der Waals surface area (Å²) in [6.45, 7) is 4.44. The van der Waals surface area contributed by atoms with Crippen LogP contribution in [0.15, 0.2) is 35.7 Å². The van der Waals surface area contributed by atoms with Gasteiger partial charge in [0.05, 0.1) is 30.2 Å². The number of nitrogens with zero attached hydrogens (tertiary/aromatic N) is 3. The molecule has 11 heteroatoms. The van der Waals surface area contributed by atoms with Crippen molar-refractivity contribution in [1.29, 1.82) is 0 Å². The summed E-state index contributed by atoms with van der Waals surface area (Å²) in [4.78, 5) is 18.8. The van der Waals surface area contributed by atoms with Gasteiger partial charge in [-0.2, -0.15) is 8.42 Å². The summed E-state index contributed by atoms with van der Waals surface area (Å²) in [5.74, 6) is -0.238. The Morgan fingerprint density at radius 3 is 2.74 bits per heavy atom. The maximum absolute atomic E-state index is 13.3. The van der Waals surface area contributed by atoms with E-state index < -0.39 is 16.1 Å².